The van der Waals surface area contributed by atoms with Gasteiger partial charge in [0.05, 0.1) is 11.5 Å². The molecule has 1 heterocycles. The summed E-state index contributed by atoms with van der Waals surface area (Å²) in [6, 6.07) is 0. The Morgan fingerprint density at radius 1 is 1.30 bits per heavy atom. The number of alkyl carbamates (subject to hydrolysis) is 1. The van der Waals surface area contributed by atoms with Crippen LogP contribution in [0.2, 0.25) is 0 Å². The molecule has 0 aromatic carbocycles. The van der Waals surface area contributed by atoms with Crippen LogP contribution in [-0.2, 0) is 14.3 Å². The molecule has 1 amide bonds. The van der Waals surface area contributed by atoms with Gasteiger partial charge in [0.25, 0.3) is 0 Å². The first-order valence-corrected chi connectivity index (χ1v) is 8.39. The van der Waals surface area contributed by atoms with E-state index in [1.807, 2.05) is 13.8 Å². The second-order valence-corrected chi connectivity index (χ2v) is 7.66. The van der Waals surface area contributed by atoms with Crippen LogP contribution in [0.3, 0.4) is 0 Å². The second kappa shape index (κ2) is 7.99. The van der Waals surface area contributed by atoms with Crippen molar-refractivity contribution in [3.8, 4) is 0 Å². The maximum atomic E-state index is 12.0. The molecule has 2 atom stereocenters. The minimum absolute atomic E-state index is 0.0365. The van der Waals surface area contributed by atoms with Gasteiger partial charge in [-0.2, -0.15) is 0 Å². The van der Waals surface area contributed by atoms with E-state index in [9.17, 15) is 14.7 Å². The number of carbonyl (C=O) groups excluding carboxylic acids is 1. The van der Waals surface area contributed by atoms with E-state index < -0.39 is 23.1 Å². The predicted molar refractivity (Wildman–Crippen MR) is 87.4 cm³/mol. The summed E-state index contributed by atoms with van der Waals surface area (Å²) in [5, 5.41) is 12.5. The van der Waals surface area contributed by atoms with E-state index in [1.54, 1.807) is 20.8 Å². The molecule has 6 nitrogen and oxygen atoms in total. The summed E-state index contributed by atoms with van der Waals surface area (Å²) in [6.45, 7) is 9.77. The highest BCUT2D eigenvalue weighted by Crippen LogP contribution is 2.36. The first-order valence-electron chi connectivity index (χ1n) is 8.39. The zero-order valence-electron chi connectivity index (χ0n) is 15.0. The van der Waals surface area contributed by atoms with Crippen molar-refractivity contribution in [1.82, 2.24) is 5.32 Å². The summed E-state index contributed by atoms with van der Waals surface area (Å²) in [5.74, 6) is -1.04. The van der Waals surface area contributed by atoms with Crippen molar-refractivity contribution in [1.29, 1.82) is 0 Å². The van der Waals surface area contributed by atoms with E-state index in [-0.39, 0.29) is 18.6 Å². The fourth-order valence-corrected chi connectivity index (χ4v) is 2.84. The zero-order valence-corrected chi connectivity index (χ0v) is 15.0. The summed E-state index contributed by atoms with van der Waals surface area (Å²) < 4.78 is 10.9. The molecule has 6 heteroatoms. The summed E-state index contributed by atoms with van der Waals surface area (Å²) in [7, 11) is 0. The van der Waals surface area contributed by atoms with Crippen LogP contribution in [0, 0.1) is 11.3 Å². The average Bonchev–Trinajstić information content (AvgIpc) is 2.42. The monoisotopic (exact) mass is 329 g/mol. The van der Waals surface area contributed by atoms with Crippen molar-refractivity contribution in [2.24, 2.45) is 11.3 Å². The third kappa shape index (κ3) is 6.01. The van der Waals surface area contributed by atoms with Crippen molar-refractivity contribution in [2.75, 3.05) is 13.2 Å². The molecule has 1 aliphatic rings. The molecule has 2 N–H and O–H groups in total. The summed E-state index contributed by atoms with van der Waals surface area (Å²) in [6.07, 6.45) is 2.69. The number of hydrogen-bond donors (Lipinski definition) is 2. The Bertz CT molecular complexity index is 410. The molecule has 1 rings (SSSR count). The smallest absolute Gasteiger partial charge is 0.407 e. The molecule has 1 saturated heterocycles. The topological polar surface area (TPSA) is 84.9 Å². The molecular formula is C17H31NO5. The minimum atomic E-state index is -1.06. The van der Waals surface area contributed by atoms with Crippen molar-refractivity contribution >= 4 is 12.1 Å². The van der Waals surface area contributed by atoms with Crippen LogP contribution in [0.5, 0.6) is 0 Å². The van der Waals surface area contributed by atoms with Crippen LogP contribution in [0.4, 0.5) is 4.79 Å². The maximum absolute atomic E-state index is 12.0. The Hall–Kier alpha value is -1.30. The van der Waals surface area contributed by atoms with Crippen molar-refractivity contribution < 1.29 is 24.2 Å². The number of rotatable bonds is 6. The van der Waals surface area contributed by atoms with E-state index in [1.165, 1.54) is 0 Å². The third-order valence-corrected chi connectivity index (χ3v) is 4.34. The Labute approximate surface area is 138 Å². The normalized spacial score (nSPS) is 21.6. The fourth-order valence-electron chi connectivity index (χ4n) is 2.84. The molecular weight excluding hydrogens is 298 g/mol. The summed E-state index contributed by atoms with van der Waals surface area (Å²) in [5.41, 5.74) is -1.67. The molecule has 0 spiro atoms. The number of hydrogen-bond acceptors (Lipinski definition) is 4. The van der Waals surface area contributed by atoms with Crippen LogP contribution in [0.15, 0.2) is 0 Å². The average molecular weight is 329 g/mol. The van der Waals surface area contributed by atoms with Gasteiger partial charge in [0.15, 0.2) is 0 Å². The molecule has 0 aromatic rings. The number of nitrogens with one attached hydrogen (secondary N) is 1. The quantitative estimate of drug-likeness (QED) is 0.781. The van der Waals surface area contributed by atoms with Gasteiger partial charge in [-0.15, -0.1) is 0 Å². The highest BCUT2D eigenvalue weighted by molar-refractivity contribution is 5.77. The van der Waals surface area contributed by atoms with Gasteiger partial charge in [-0.25, -0.2) is 4.79 Å². The molecule has 0 saturated carbocycles. The number of carboxylic acid groups (broad SMARTS) is 1. The fraction of sp³-hybridized carbons (Fsp3) is 0.882. The molecule has 1 aliphatic heterocycles. The Balaban J connectivity index is 2.78. The highest BCUT2D eigenvalue weighted by Gasteiger charge is 2.44. The van der Waals surface area contributed by atoms with Gasteiger partial charge in [0.2, 0.25) is 0 Å². The standard InChI is InChI=1S/C17H31NO5/c1-12(2)17(14(19)20,10-13-8-6-7-9-22-13)11-18-15(21)23-16(3,4)5/h12-13H,6-11H2,1-5H3,(H,18,21)(H,19,20). The molecule has 0 aromatic heterocycles. The van der Waals surface area contributed by atoms with Crippen LogP contribution < -0.4 is 5.32 Å². The molecule has 134 valence electrons. The van der Waals surface area contributed by atoms with E-state index in [0.29, 0.717) is 13.0 Å². The number of carbonyl (C=O) groups is 2. The first-order chi connectivity index (χ1) is 10.6. The molecule has 1 fully saturated rings. The van der Waals surface area contributed by atoms with Crippen molar-refractivity contribution in [3.63, 3.8) is 0 Å². The van der Waals surface area contributed by atoms with Crippen LogP contribution in [-0.4, -0.2) is 42.0 Å². The van der Waals surface area contributed by atoms with Crippen molar-refractivity contribution in [2.45, 2.75) is 72.0 Å². The van der Waals surface area contributed by atoms with Gasteiger partial charge in [-0.05, 0) is 52.4 Å². The van der Waals surface area contributed by atoms with E-state index in [2.05, 4.69) is 5.32 Å². The van der Waals surface area contributed by atoms with Gasteiger partial charge in [-0.3, -0.25) is 4.79 Å². The molecule has 0 bridgehead atoms. The SMILES string of the molecule is CC(C)C(CNC(=O)OC(C)(C)C)(CC1CCCCO1)C(=O)O. The molecule has 23 heavy (non-hydrogen) atoms. The van der Waals surface area contributed by atoms with Gasteiger partial charge in [-0.1, -0.05) is 13.8 Å². The Kier molecular flexibility index (Phi) is 6.86. The zero-order chi connectivity index (χ0) is 17.7. The molecule has 0 radical (unpaired) electrons. The number of aliphatic carboxylic acids is 1. The number of carboxylic acids is 1. The highest BCUT2D eigenvalue weighted by atomic mass is 16.6. The van der Waals surface area contributed by atoms with E-state index in [4.69, 9.17) is 9.47 Å². The van der Waals surface area contributed by atoms with Gasteiger partial charge >= 0.3 is 12.1 Å². The lowest BCUT2D eigenvalue weighted by atomic mass is 9.72. The van der Waals surface area contributed by atoms with Gasteiger partial charge in [0, 0.05) is 13.2 Å². The minimum Gasteiger partial charge on any atom is -0.481 e. The lowest BCUT2D eigenvalue weighted by Gasteiger charge is -2.37. The summed E-state index contributed by atoms with van der Waals surface area (Å²) >= 11 is 0. The van der Waals surface area contributed by atoms with E-state index >= 15 is 0 Å². The second-order valence-electron chi connectivity index (χ2n) is 7.66. The van der Waals surface area contributed by atoms with Gasteiger partial charge in [0.1, 0.15) is 5.60 Å². The lowest BCUT2D eigenvalue weighted by Crippen LogP contribution is -2.49. The maximum Gasteiger partial charge on any atom is 0.407 e. The lowest BCUT2D eigenvalue weighted by molar-refractivity contribution is -0.155. The van der Waals surface area contributed by atoms with Crippen LogP contribution >= 0.6 is 0 Å². The van der Waals surface area contributed by atoms with Crippen molar-refractivity contribution in [3.05, 3.63) is 0 Å². The van der Waals surface area contributed by atoms with Crippen LogP contribution in [0.25, 0.3) is 0 Å². The number of ether oxygens (including phenoxy) is 2. The largest absolute Gasteiger partial charge is 0.481 e. The Morgan fingerprint density at radius 2 is 1.96 bits per heavy atom. The third-order valence-electron chi connectivity index (χ3n) is 4.34. The molecule has 2 unspecified atom stereocenters. The van der Waals surface area contributed by atoms with Crippen LogP contribution in [0.1, 0.15) is 60.3 Å². The summed E-state index contributed by atoms with van der Waals surface area (Å²) in [4.78, 5) is 23.9. The van der Waals surface area contributed by atoms with Gasteiger partial charge < -0.3 is 19.9 Å². The van der Waals surface area contributed by atoms with E-state index in [0.717, 1.165) is 19.3 Å². The predicted octanol–water partition coefficient (Wildman–Crippen LogP) is 3.20. The molecule has 0 aliphatic carbocycles. The Morgan fingerprint density at radius 3 is 2.39 bits per heavy atom. The number of amides is 1. The first kappa shape index (κ1) is 19.7.